The van der Waals surface area contributed by atoms with Crippen LogP contribution in [0.15, 0.2) is 52.3 Å². The summed E-state index contributed by atoms with van der Waals surface area (Å²) in [6.07, 6.45) is 1.09. The number of rotatable bonds is 8. The number of morpholine rings is 1. The van der Waals surface area contributed by atoms with E-state index in [0.29, 0.717) is 45.7 Å². The number of piperidine rings is 1. The molecule has 0 aliphatic carbocycles. The Balaban J connectivity index is 1.38. The van der Waals surface area contributed by atoms with Crippen molar-refractivity contribution in [3.63, 3.8) is 0 Å². The Bertz CT molecular complexity index is 1330. The first kappa shape index (κ1) is 27.8. The van der Waals surface area contributed by atoms with E-state index in [1.807, 2.05) is 0 Å². The van der Waals surface area contributed by atoms with Crippen molar-refractivity contribution in [1.29, 1.82) is 0 Å². The van der Waals surface area contributed by atoms with Crippen molar-refractivity contribution < 1.29 is 31.1 Å². The number of halogens is 1. The van der Waals surface area contributed by atoms with Crippen LogP contribution in [0.25, 0.3) is 0 Å². The van der Waals surface area contributed by atoms with Crippen LogP contribution in [0.1, 0.15) is 18.4 Å². The Morgan fingerprint density at radius 1 is 1.03 bits per heavy atom. The molecule has 0 radical (unpaired) electrons. The predicted molar refractivity (Wildman–Crippen MR) is 137 cm³/mol. The zero-order chi connectivity index (χ0) is 26.6. The number of hydrogen-bond donors (Lipinski definition) is 1. The van der Waals surface area contributed by atoms with Gasteiger partial charge in [0.25, 0.3) is 0 Å². The minimum Gasteiger partial charge on any atom is -0.495 e. The van der Waals surface area contributed by atoms with Crippen molar-refractivity contribution >= 4 is 37.6 Å². The lowest BCUT2D eigenvalue weighted by Gasteiger charge is -2.31. The van der Waals surface area contributed by atoms with Crippen LogP contribution in [0, 0.1) is 5.92 Å². The number of carbonyl (C=O) groups is 1. The van der Waals surface area contributed by atoms with Crippen LogP contribution in [0.5, 0.6) is 5.75 Å². The average molecular weight is 572 g/mol. The smallest absolute Gasteiger partial charge is 0.246 e. The van der Waals surface area contributed by atoms with Gasteiger partial charge in [-0.2, -0.15) is 8.61 Å². The molecule has 1 atom stereocenters. The molecule has 2 aliphatic rings. The molecule has 13 heteroatoms. The third kappa shape index (κ3) is 6.27. The van der Waals surface area contributed by atoms with E-state index in [4.69, 9.17) is 21.1 Å². The molecular formula is C24H30ClN3O7S2. The molecule has 2 aromatic carbocycles. The van der Waals surface area contributed by atoms with E-state index in [1.54, 1.807) is 18.2 Å². The Labute approximate surface area is 222 Å². The van der Waals surface area contributed by atoms with Crippen LogP contribution < -0.4 is 10.1 Å². The van der Waals surface area contributed by atoms with E-state index >= 15 is 0 Å². The van der Waals surface area contributed by atoms with Gasteiger partial charge in [-0.3, -0.25) is 4.79 Å². The number of nitrogens with zero attached hydrogens (tertiary/aromatic N) is 2. The molecule has 0 aromatic heterocycles. The summed E-state index contributed by atoms with van der Waals surface area (Å²) in [4.78, 5) is 13.1. The highest BCUT2D eigenvalue weighted by Crippen LogP contribution is 2.32. The zero-order valence-corrected chi connectivity index (χ0v) is 22.8. The molecule has 202 valence electrons. The largest absolute Gasteiger partial charge is 0.495 e. The van der Waals surface area contributed by atoms with Crippen molar-refractivity contribution in [2.75, 3.05) is 46.5 Å². The van der Waals surface area contributed by atoms with Crippen molar-refractivity contribution in [3.05, 3.63) is 53.1 Å². The first-order chi connectivity index (χ1) is 17.6. The average Bonchev–Trinajstić information content (AvgIpc) is 2.92. The van der Waals surface area contributed by atoms with E-state index in [1.165, 1.54) is 40.0 Å². The van der Waals surface area contributed by atoms with Crippen molar-refractivity contribution in [2.45, 2.75) is 29.2 Å². The summed E-state index contributed by atoms with van der Waals surface area (Å²) in [5.74, 6) is -0.590. The Morgan fingerprint density at radius 2 is 1.73 bits per heavy atom. The van der Waals surface area contributed by atoms with Crippen LogP contribution in [0.4, 0.5) is 0 Å². The number of sulfonamides is 2. The quantitative estimate of drug-likeness (QED) is 0.515. The summed E-state index contributed by atoms with van der Waals surface area (Å²) < 4.78 is 65.3. The molecule has 0 spiro atoms. The van der Waals surface area contributed by atoms with Gasteiger partial charge in [-0.25, -0.2) is 16.8 Å². The molecule has 0 bridgehead atoms. The van der Waals surface area contributed by atoms with Crippen LogP contribution in [-0.2, 0) is 36.1 Å². The normalized spacial score (nSPS) is 19.9. The van der Waals surface area contributed by atoms with Crippen molar-refractivity contribution in [1.82, 2.24) is 13.9 Å². The van der Waals surface area contributed by atoms with Gasteiger partial charge in [0.1, 0.15) is 10.6 Å². The summed E-state index contributed by atoms with van der Waals surface area (Å²) in [5, 5.41) is 3.12. The van der Waals surface area contributed by atoms with E-state index in [-0.39, 0.29) is 39.6 Å². The maximum Gasteiger partial charge on any atom is 0.246 e. The zero-order valence-electron chi connectivity index (χ0n) is 20.4. The topological polar surface area (TPSA) is 122 Å². The molecule has 2 aliphatic heterocycles. The van der Waals surface area contributed by atoms with Gasteiger partial charge in [0.15, 0.2) is 0 Å². The third-order valence-electron chi connectivity index (χ3n) is 6.50. The van der Waals surface area contributed by atoms with E-state index in [2.05, 4.69) is 5.32 Å². The number of methoxy groups -OCH3 is 1. The van der Waals surface area contributed by atoms with Crippen molar-refractivity contribution in [3.8, 4) is 5.75 Å². The number of ether oxygens (including phenoxy) is 2. The summed E-state index contributed by atoms with van der Waals surface area (Å²) in [6, 6.07) is 10.8. The monoisotopic (exact) mass is 571 g/mol. The predicted octanol–water partition coefficient (Wildman–Crippen LogP) is 2.09. The van der Waals surface area contributed by atoms with E-state index in [9.17, 15) is 21.6 Å². The summed E-state index contributed by atoms with van der Waals surface area (Å²) in [7, 11) is -6.12. The van der Waals surface area contributed by atoms with Crippen LogP contribution in [0.2, 0.25) is 5.02 Å². The highest BCUT2D eigenvalue weighted by molar-refractivity contribution is 7.89. The van der Waals surface area contributed by atoms with Crippen molar-refractivity contribution in [2.24, 2.45) is 5.92 Å². The van der Waals surface area contributed by atoms with Crippen LogP contribution in [0.3, 0.4) is 0 Å². The van der Waals surface area contributed by atoms with Gasteiger partial charge in [-0.1, -0.05) is 23.7 Å². The fourth-order valence-electron chi connectivity index (χ4n) is 4.41. The fourth-order valence-corrected chi connectivity index (χ4v) is 7.76. The summed E-state index contributed by atoms with van der Waals surface area (Å²) >= 11 is 6.03. The summed E-state index contributed by atoms with van der Waals surface area (Å²) in [5.41, 5.74) is 0.734. The van der Waals surface area contributed by atoms with Gasteiger partial charge < -0.3 is 14.8 Å². The van der Waals surface area contributed by atoms with Gasteiger partial charge in [0.2, 0.25) is 26.0 Å². The van der Waals surface area contributed by atoms with Gasteiger partial charge in [0, 0.05) is 37.7 Å². The molecular weight excluding hydrogens is 542 g/mol. The van der Waals surface area contributed by atoms with E-state index in [0.717, 1.165) is 5.56 Å². The lowest BCUT2D eigenvalue weighted by Crippen LogP contribution is -2.45. The maximum absolute atomic E-state index is 13.3. The molecule has 1 unspecified atom stereocenters. The minimum atomic E-state index is -3.91. The molecule has 2 aromatic rings. The molecule has 1 amide bonds. The van der Waals surface area contributed by atoms with E-state index < -0.39 is 26.0 Å². The van der Waals surface area contributed by atoms with Gasteiger partial charge in [0.05, 0.1) is 31.1 Å². The molecule has 2 heterocycles. The second kappa shape index (κ2) is 11.7. The highest BCUT2D eigenvalue weighted by Gasteiger charge is 2.35. The standard InChI is InChI=1S/C24H30ClN3O7S2/c1-34-22-9-6-20(25)15-23(22)37(32,33)28-10-2-3-19(17-28)24(29)26-16-18-4-7-21(8-5-18)36(30,31)27-11-13-35-14-12-27/h4-9,15,19H,2-3,10-14,16-17H2,1H3,(H,26,29). The minimum absolute atomic E-state index is 0.0318. The van der Waals surface area contributed by atoms with Gasteiger partial charge in [-0.05, 0) is 48.7 Å². The first-order valence-corrected chi connectivity index (χ1v) is 15.2. The molecule has 4 rings (SSSR count). The Morgan fingerprint density at radius 3 is 2.41 bits per heavy atom. The first-order valence-electron chi connectivity index (χ1n) is 11.9. The van der Waals surface area contributed by atoms with Crippen LogP contribution >= 0.6 is 11.6 Å². The molecule has 10 nitrogen and oxygen atoms in total. The second-order valence-corrected chi connectivity index (χ2v) is 13.2. The molecule has 2 fully saturated rings. The number of nitrogens with one attached hydrogen (secondary N) is 1. The molecule has 37 heavy (non-hydrogen) atoms. The maximum atomic E-state index is 13.3. The Hall–Kier alpha value is -2.22. The number of benzene rings is 2. The lowest BCUT2D eigenvalue weighted by atomic mass is 9.99. The lowest BCUT2D eigenvalue weighted by molar-refractivity contribution is -0.126. The molecule has 1 N–H and O–H groups in total. The SMILES string of the molecule is COc1ccc(Cl)cc1S(=O)(=O)N1CCCC(C(=O)NCc2ccc(S(=O)(=O)N3CCOCC3)cc2)C1. The fraction of sp³-hybridized carbons (Fsp3) is 0.458. The third-order valence-corrected chi connectivity index (χ3v) is 10.5. The number of carbonyl (C=O) groups excluding carboxylic acids is 1. The number of amides is 1. The van der Waals surface area contributed by atoms with Gasteiger partial charge in [-0.15, -0.1) is 0 Å². The Kier molecular flexibility index (Phi) is 8.77. The highest BCUT2D eigenvalue weighted by atomic mass is 35.5. The summed E-state index contributed by atoms with van der Waals surface area (Å²) in [6.45, 7) is 1.91. The van der Waals surface area contributed by atoms with Gasteiger partial charge >= 0.3 is 0 Å². The second-order valence-electron chi connectivity index (χ2n) is 8.88. The number of hydrogen-bond acceptors (Lipinski definition) is 7. The van der Waals surface area contributed by atoms with Crippen LogP contribution in [-0.4, -0.2) is 77.9 Å². The molecule has 0 saturated carbocycles. The molecule has 2 saturated heterocycles.